The fraction of sp³-hybridized carbons (Fsp3) is 0.588. The zero-order valence-electron chi connectivity index (χ0n) is 14.3. The number of hydrogen-bond donors (Lipinski definition) is 1. The fourth-order valence-electron chi connectivity index (χ4n) is 2.75. The van der Waals surface area contributed by atoms with E-state index >= 15 is 0 Å². The van der Waals surface area contributed by atoms with E-state index in [1.165, 1.54) is 4.31 Å². The van der Waals surface area contributed by atoms with Crippen molar-refractivity contribution in [1.82, 2.24) is 14.5 Å². The number of benzene rings is 1. The maximum Gasteiger partial charge on any atom is 0.317 e. The average Bonchev–Trinajstić information content (AvgIpc) is 2.60. The van der Waals surface area contributed by atoms with E-state index < -0.39 is 10.0 Å². The third-order valence-corrected chi connectivity index (χ3v) is 6.11. The first-order valence-corrected chi connectivity index (χ1v) is 10.2. The Balaban J connectivity index is 1.76. The topological polar surface area (TPSA) is 69.7 Å². The van der Waals surface area contributed by atoms with Crippen LogP contribution < -0.4 is 5.32 Å². The number of rotatable bonds is 7. The number of urea groups is 1. The molecule has 0 atom stereocenters. The van der Waals surface area contributed by atoms with E-state index in [0.29, 0.717) is 39.1 Å². The van der Waals surface area contributed by atoms with Crippen molar-refractivity contribution in [2.24, 2.45) is 0 Å². The first-order valence-electron chi connectivity index (χ1n) is 8.57. The molecule has 0 aromatic heterocycles. The highest BCUT2D eigenvalue weighted by atomic mass is 32.2. The predicted molar refractivity (Wildman–Crippen MR) is 95.4 cm³/mol. The molecule has 0 aliphatic carbocycles. The molecule has 0 unspecified atom stereocenters. The zero-order valence-corrected chi connectivity index (χ0v) is 15.1. The molecule has 0 bridgehead atoms. The van der Waals surface area contributed by atoms with Crippen molar-refractivity contribution in [2.75, 3.05) is 38.5 Å². The number of carbonyl (C=O) groups is 1. The van der Waals surface area contributed by atoms with E-state index in [-0.39, 0.29) is 11.8 Å². The second-order valence-corrected chi connectivity index (χ2v) is 8.11. The minimum absolute atomic E-state index is 0.0991. The highest BCUT2D eigenvalue weighted by molar-refractivity contribution is 7.89. The Kier molecular flexibility index (Phi) is 7.05. The lowest BCUT2D eigenvalue weighted by Crippen LogP contribution is -2.53. The standard InChI is InChI=1S/C17H27N3O3S/c1-2-10-18-17(21)19-11-13-20(14-12-19)24(22,23)15-6-9-16-7-4-3-5-8-16/h3-5,7-8H,2,6,9-15H2,1H3,(H,18,21). The molecular formula is C17H27N3O3S. The van der Waals surface area contributed by atoms with Gasteiger partial charge in [0.2, 0.25) is 10.0 Å². The van der Waals surface area contributed by atoms with Crippen LogP contribution in [0.3, 0.4) is 0 Å². The van der Waals surface area contributed by atoms with Crippen LogP contribution in [0.15, 0.2) is 30.3 Å². The summed E-state index contributed by atoms with van der Waals surface area (Å²) in [4.78, 5) is 13.6. The number of piperazine rings is 1. The van der Waals surface area contributed by atoms with Gasteiger partial charge >= 0.3 is 6.03 Å². The van der Waals surface area contributed by atoms with Crippen LogP contribution in [0.5, 0.6) is 0 Å². The summed E-state index contributed by atoms with van der Waals surface area (Å²) in [6.45, 7) is 4.32. The van der Waals surface area contributed by atoms with Crippen molar-refractivity contribution in [3.63, 3.8) is 0 Å². The lowest BCUT2D eigenvalue weighted by molar-refractivity contribution is 0.172. The molecule has 1 saturated heterocycles. The van der Waals surface area contributed by atoms with Gasteiger partial charge in [-0.1, -0.05) is 37.3 Å². The van der Waals surface area contributed by atoms with Crippen LogP contribution in [0.1, 0.15) is 25.3 Å². The largest absolute Gasteiger partial charge is 0.338 e. The first kappa shape index (κ1) is 18.7. The summed E-state index contributed by atoms with van der Waals surface area (Å²) >= 11 is 0. The molecule has 2 rings (SSSR count). The molecule has 1 aliphatic rings. The number of amides is 2. The Morgan fingerprint density at radius 2 is 1.79 bits per heavy atom. The quantitative estimate of drug-likeness (QED) is 0.811. The normalized spacial score (nSPS) is 16.1. The van der Waals surface area contributed by atoms with Crippen LogP contribution in [0.2, 0.25) is 0 Å². The number of nitrogens with one attached hydrogen (secondary N) is 1. The van der Waals surface area contributed by atoms with Crippen LogP contribution in [-0.4, -0.2) is 62.1 Å². The summed E-state index contributed by atoms with van der Waals surface area (Å²) in [7, 11) is -3.24. The number of sulfonamides is 1. The van der Waals surface area contributed by atoms with Gasteiger partial charge in [0, 0.05) is 32.7 Å². The van der Waals surface area contributed by atoms with Crippen molar-refractivity contribution >= 4 is 16.1 Å². The molecule has 24 heavy (non-hydrogen) atoms. The summed E-state index contributed by atoms with van der Waals surface area (Å²) in [6, 6.07) is 9.81. The van der Waals surface area contributed by atoms with Gasteiger partial charge in [0.05, 0.1) is 5.75 Å². The Labute approximate surface area is 144 Å². The van der Waals surface area contributed by atoms with Gasteiger partial charge in [-0.05, 0) is 24.8 Å². The fourth-order valence-corrected chi connectivity index (χ4v) is 4.23. The van der Waals surface area contributed by atoms with Gasteiger partial charge in [0.25, 0.3) is 0 Å². The van der Waals surface area contributed by atoms with Gasteiger partial charge in [0.15, 0.2) is 0 Å². The molecular weight excluding hydrogens is 326 g/mol. The second-order valence-electron chi connectivity index (χ2n) is 6.02. The average molecular weight is 353 g/mol. The summed E-state index contributed by atoms with van der Waals surface area (Å²) in [5, 5.41) is 2.83. The predicted octanol–water partition coefficient (Wildman–Crippen LogP) is 1.69. The van der Waals surface area contributed by atoms with Crippen molar-refractivity contribution in [1.29, 1.82) is 0 Å². The van der Waals surface area contributed by atoms with Crippen molar-refractivity contribution in [3.05, 3.63) is 35.9 Å². The molecule has 1 aliphatic heterocycles. The molecule has 6 nitrogen and oxygen atoms in total. The Hall–Kier alpha value is -1.60. The third-order valence-electron chi connectivity index (χ3n) is 4.16. The van der Waals surface area contributed by atoms with Crippen LogP contribution in [-0.2, 0) is 16.4 Å². The van der Waals surface area contributed by atoms with Crippen LogP contribution >= 0.6 is 0 Å². The molecule has 1 heterocycles. The molecule has 0 radical (unpaired) electrons. The van der Waals surface area contributed by atoms with Crippen molar-refractivity contribution in [2.45, 2.75) is 26.2 Å². The Bertz CT molecular complexity index is 611. The van der Waals surface area contributed by atoms with E-state index in [0.717, 1.165) is 18.4 Å². The summed E-state index contributed by atoms with van der Waals surface area (Å²) in [5.74, 6) is 0.157. The van der Waals surface area contributed by atoms with Gasteiger partial charge in [-0.15, -0.1) is 0 Å². The van der Waals surface area contributed by atoms with Gasteiger partial charge in [-0.25, -0.2) is 13.2 Å². The molecule has 1 fully saturated rings. The minimum atomic E-state index is -3.24. The van der Waals surface area contributed by atoms with E-state index in [1.54, 1.807) is 4.90 Å². The summed E-state index contributed by atoms with van der Waals surface area (Å²) < 4.78 is 26.4. The minimum Gasteiger partial charge on any atom is -0.338 e. The lowest BCUT2D eigenvalue weighted by atomic mass is 10.1. The van der Waals surface area contributed by atoms with E-state index in [1.807, 2.05) is 37.3 Å². The SMILES string of the molecule is CCCNC(=O)N1CCN(S(=O)(=O)CCCc2ccccc2)CC1. The zero-order chi connectivity index (χ0) is 17.4. The first-order chi connectivity index (χ1) is 11.5. The maximum atomic E-state index is 12.4. The van der Waals surface area contributed by atoms with Crippen LogP contribution in [0.25, 0.3) is 0 Å². The van der Waals surface area contributed by atoms with Crippen molar-refractivity contribution < 1.29 is 13.2 Å². The Morgan fingerprint density at radius 3 is 2.42 bits per heavy atom. The number of aryl methyl sites for hydroxylation is 1. The van der Waals surface area contributed by atoms with Crippen molar-refractivity contribution in [3.8, 4) is 0 Å². The highest BCUT2D eigenvalue weighted by Gasteiger charge is 2.28. The van der Waals surface area contributed by atoms with Gasteiger partial charge in [0.1, 0.15) is 0 Å². The summed E-state index contributed by atoms with van der Waals surface area (Å²) in [5.41, 5.74) is 1.16. The number of hydrogen-bond acceptors (Lipinski definition) is 3. The smallest absolute Gasteiger partial charge is 0.317 e. The molecule has 1 aromatic carbocycles. The van der Waals surface area contributed by atoms with Crippen LogP contribution in [0, 0.1) is 0 Å². The summed E-state index contributed by atoms with van der Waals surface area (Å²) in [6.07, 6.45) is 2.27. The van der Waals surface area contributed by atoms with Crippen LogP contribution in [0.4, 0.5) is 4.79 Å². The lowest BCUT2D eigenvalue weighted by Gasteiger charge is -2.34. The van der Waals surface area contributed by atoms with Gasteiger partial charge in [-0.2, -0.15) is 4.31 Å². The molecule has 0 spiro atoms. The highest BCUT2D eigenvalue weighted by Crippen LogP contribution is 2.11. The number of nitrogens with zero attached hydrogens (tertiary/aromatic N) is 2. The number of carbonyl (C=O) groups excluding carboxylic acids is 1. The van der Waals surface area contributed by atoms with Gasteiger partial charge in [-0.3, -0.25) is 0 Å². The molecule has 2 amide bonds. The van der Waals surface area contributed by atoms with E-state index in [4.69, 9.17) is 0 Å². The molecule has 134 valence electrons. The molecule has 0 saturated carbocycles. The molecule has 7 heteroatoms. The van der Waals surface area contributed by atoms with E-state index in [9.17, 15) is 13.2 Å². The molecule has 1 aromatic rings. The van der Waals surface area contributed by atoms with E-state index in [2.05, 4.69) is 5.32 Å². The monoisotopic (exact) mass is 353 g/mol. The second kappa shape index (κ2) is 9.03. The maximum absolute atomic E-state index is 12.4. The Morgan fingerprint density at radius 1 is 1.12 bits per heavy atom. The van der Waals surface area contributed by atoms with Gasteiger partial charge < -0.3 is 10.2 Å². The molecule has 1 N–H and O–H groups in total. The third kappa shape index (κ3) is 5.49.